The number of ether oxygens (including phenoxy) is 1. The number of aromatic nitrogens is 1. The van der Waals surface area contributed by atoms with Crippen LogP contribution in [0.15, 0.2) is 17.2 Å². The molecule has 0 fully saturated rings. The third-order valence-electron chi connectivity index (χ3n) is 2.56. The zero-order chi connectivity index (χ0) is 16.2. The molecule has 0 aliphatic heterocycles. The monoisotopic (exact) mass is 325 g/mol. The van der Waals surface area contributed by atoms with E-state index in [1.807, 2.05) is 0 Å². The first kappa shape index (κ1) is 17.5. The zero-order valence-corrected chi connectivity index (χ0v) is 12.4. The number of hydrogen-bond acceptors (Lipinski definition) is 4. The van der Waals surface area contributed by atoms with Crippen LogP contribution in [0.2, 0.25) is 0 Å². The summed E-state index contributed by atoms with van der Waals surface area (Å²) in [4.78, 5) is 11.6. The molecule has 0 saturated heterocycles. The van der Waals surface area contributed by atoms with Gasteiger partial charge in [-0.3, -0.25) is 4.79 Å². The summed E-state index contributed by atoms with van der Waals surface area (Å²) in [5.74, 6) is -0.685. The van der Waals surface area contributed by atoms with Crippen LogP contribution in [0.3, 0.4) is 0 Å². The molecule has 1 unspecified atom stereocenters. The molecule has 7 nitrogen and oxygen atoms in total. The van der Waals surface area contributed by atoms with Crippen LogP contribution < -0.4 is 10.5 Å². The average molecular weight is 325 g/mol. The minimum atomic E-state index is -4.08. The van der Waals surface area contributed by atoms with Crippen molar-refractivity contribution in [2.45, 2.75) is 30.8 Å². The van der Waals surface area contributed by atoms with Crippen molar-refractivity contribution in [3.63, 3.8) is 0 Å². The predicted octanol–water partition coefficient (Wildman–Crippen LogP) is 0.165. The van der Waals surface area contributed by atoms with E-state index in [0.29, 0.717) is 0 Å². The van der Waals surface area contributed by atoms with E-state index in [-0.39, 0.29) is 18.3 Å². The Hall–Kier alpha value is -1.52. The molecule has 120 valence electrons. The van der Waals surface area contributed by atoms with E-state index < -0.39 is 33.8 Å². The lowest BCUT2D eigenvalue weighted by atomic mass is 10.3. The number of carbonyl (C=O) groups is 1. The van der Waals surface area contributed by atoms with Gasteiger partial charge in [0, 0.05) is 19.3 Å². The summed E-state index contributed by atoms with van der Waals surface area (Å²) in [7, 11) is -2.64. The maximum Gasteiger partial charge on any atom is 0.268 e. The topological polar surface area (TPSA) is 103 Å². The van der Waals surface area contributed by atoms with Crippen LogP contribution in [0.25, 0.3) is 0 Å². The maximum absolute atomic E-state index is 12.5. The molecular weight excluding hydrogens is 308 g/mol. The quantitative estimate of drug-likeness (QED) is 0.745. The van der Waals surface area contributed by atoms with Crippen LogP contribution in [0.4, 0.5) is 8.78 Å². The van der Waals surface area contributed by atoms with Gasteiger partial charge in [0.05, 0.1) is 13.2 Å². The third-order valence-corrected chi connectivity index (χ3v) is 3.44. The number of nitrogens with zero attached hydrogens (tertiary/aromatic N) is 1. The lowest BCUT2D eigenvalue weighted by Crippen LogP contribution is -2.36. The van der Waals surface area contributed by atoms with Crippen LogP contribution in [-0.2, 0) is 21.3 Å². The molecule has 0 saturated carbocycles. The van der Waals surface area contributed by atoms with Crippen LogP contribution in [0.1, 0.15) is 17.4 Å². The van der Waals surface area contributed by atoms with Crippen LogP contribution >= 0.6 is 0 Å². The summed E-state index contributed by atoms with van der Waals surface area (Å²) in [5, 5.41) is 7.45. The van der Waals surface area contributed by atoms with Crippen molar-refractivity contribution in [2.75, 3.05) is 13.7 Å². The highest BCUT2D eigenvalue weighted by Crippen LogP contribution is 2.15. The molecule has 21 heavy (non-hydrogen) atoms. The number of rotatable bonds is 7. The van der Waals surface area contributed by atoms with Gasteiger partial charge in [-0.05, 0) is 13.0 Å². The SMILES string of the molecule is COCC(C)NC(=O)c1cc(S(N)(=O)=O)cn1CC(F)F. The first-order valence-corrected chi connectivity index (χ1v) is 7.50. The van der Waals surface area contributed by atoms with Crippen molar-refractivity contribution in [2.24, 2.45) is 5.14 Å². The van der Waals surface area contributed by atoms with Gasteiger partial charge >= 0.3 is 0 Å². The van der Waals surface area contributed by atoms with Gasteiger partial charge in [0.2, 0.25) is 10.0 Å². The Morgan fingerprint density at radius 1 is 1.52 bits per heavy atom. The van der Waals surface area contributed by atoms with Crippen LogP contribution in [0.5, 0.6) is 0 Å². The van der Waals surface area contributed by atoms with Crippen molar-refractivity contribution < 1.29 is 26.7 Å². The molecule has 1 atom stereocenters. The fourth-order valence-electron chi connectivity index (χ4n) is 1.72. The molecule has 0 aliphatic rings. The third kappa shape index (κ3) is 5.06. The first-order chi connectivity index (χ1) is 9.65. The van der Waals surface area contributed by atoms with Crippen molar-refractivity contribution >= 4 is 15.9 Å². The fraction of sp³-hybridized carbons (Fsp3) is 0.545. The normalized spacial score (nSPS) is 13.4. The molecule has 0 radical (unpaired) electrons. The second-order valence-corrected chi connectivity index (χ2v) is 6.04. The summed E-state index contributed by atoms with van der Waals surface area (Å²) in [6, 6.07) is 0.599. The number of primary sulfonamides is 1. The standard InChI is InChI=1S/C11H17F2N3O4S/c1-7(6-20-2)15-11(17)9-3-8(21(14,18)19)4-16(9)5-10(12)13/h3-4,7,10H,5-6H2,1-2H3,(H,15,17)(H2,14,18,19). The molecule has 1 aromatic heterocycles. The number of amides is 1. The number of sulfonamides is 1. The number of nitrogens with one attached hydrogen (secondary N) is 1. The van der Waals surface area contributed by atoms with Gasteiger partial charge in [-0.15, -0.1) is 0 Å². The summed E-state index contributed by atoms with van der Waals surface area (Å²) in [5.41, 5.74) is -0.206. The van der Waals surface area contributed by atoms with E-state index >= 15 is 0 Å². The number of alkyl halides is 2. The number of hydrogen-bond donors (Lipinski definition) is 2. The molecule has 1 amide bonds. The van der Waals surface area contributed by atoms with Gasteiger partial charge < -0.3 is 14.6 Å². The van der Waals surface area contributed by atoms with Gasteiger partial charge in [0.25, 0.3) is 12.3 Å². The molecule has 1 aromatic rings. The number of halogens is 2. The van der Waals surface area contributed by atoms with E-state index in [1.165, 1.54) is 7.11 Å². The zero-order valence-electron chi connectivity index (χ0n) is 11.5. The molecule has 0 aliphatic carbocycles. The van der Waals surface area contributed by atoms with Crippen molar-refractivity contribution in [3.05, 3.63) is 18.0 Å². The Morgan fingerprint density at radius 2 is 2.14 bits per heavy atom. The minimum absolute atomic E-state index is 0.206. The number of methoxy groups -OCH3 is 1. The molecule has 0 aromatic carbocycles. The fourth-order valence-corrected chi connectivity index (χ4v) is 2.27. The van der Waals surface area contributed by atoms with E-state index in [9.17, 15) is 22.0 Å². The molecule has 1 rings (SSSR count). The van der Waals surface area contributed by atoms with Gasteiger partial charge in [-0.2, -0.15) is 0 Å². The average Bonchev–Trinajstić information content (AvgIpc) is 2.71. The molecular formula is C11H17F2N3O4S. The molecule has 0 spiro atoms. The highest BCUT2D eigenvalue weighted by atomic mass is 32.2. The lowest BCUT2D eigenvalue weighted by Gasteiger charge is -2.14. The minimum Gasteiger partial charge on any atom is -0.383 e. The summed E-state index contributed by atoms with van der Waals surface area (Å²) in [6.45, 7) is 1.07. The Labute approximate surface area is 121 Å². The largest absolute Gasteiger partial charge is 0.383 e. The van der Waals surface area contributed by atoms with Crippen LogP contribution in [-0.4, -0.2) is 45.1 Å². The first-order valence-electron chi connectivity index (χ1n) is 5.96. The maximum atomic E-state index is 12.5. The summed E-state index contributed by atoms with van der Waals surface area (Å²) >= 11 is 0. The van der Waals surface area contributed by atoms with Gasteiger partial charge in [-0.25, -0.2) is 22.3 Å². The summed E-state index contributed by atoms with van der Waals surface area (Å²) < 4.78 is 53.2. The Morgan fingerprint density at radius 3 is 2.62 bits per heavy atom. The summed E-state index contributed by atoms with van der Waals surface area (Å²) in [6.07, 6.45) is -1.83. The molecule has 1 heterocycles. The van der Waals surface area contributed by atoms with Gasteiger partial charge in [-0.1, -0.05) is 0 Å². The van der Waals surface area contributed by atoms with E-state index in [4.69, 9.17) is 9.88 Å². The predicted molar refractivity (Wildman–Crippen MR) is 70.6 cm³/mol. The number of nitrogens with two attached hydrogens (primary N) is 1. The van der Waals surface area contributed by atoms with E-state index in [2.05, 4.69) is 5.32 Å². The van der Waals surface area contributed by atoms with E-state index in [1.54, 1.807) is 6.92 Å². The molecule has 0 bridgehead atoms. The highest BCUT2D eigenvalue weighted by molar-refractivity contribution is 7.89. The van der Waals surface area contributed by atoms with Gasteiger partial charge in [0.15, 0.2) is 0 Å². The smallest absolute Gasteiger partial charge is 0.268 e. The molecule has 10 heteroatoms. The van der Waals surface area contributed by atoms with E-state index in [0.717, 1.165) is 16.8 Å². The molecule has 3 N–H and O–H groups in total. The van der Waals surface area contributed by atoms with Crippen molar-refractivity contribution in [3.8, 4) is 0 Å². The van der Waals surface area contributed by atoms with Gasteiger partial charge in [0.1, 0.15) is 10.6 Å². The van der Waals surface area contributed by atoms with Crippen molar-refractivity contribution in [1.29, 1.82) is 0 Å². The lowest BCUT2D eigenvalue weighted by molar-refractivity contribution is 0.0884. The number of carbonyl (C=O) groups excluding carboxylic acids is 1. The van der Waals surface area contributed by atoms with Crippen LogP contribution in [0, 0.1) is 0 Å². The van der Waals surface area contributed by atoms with Crippen molar-refractivity contribution in [1.82, 2.24) is 9.88 Å². The Kier molecular flexibility index (Phi) is 5.81. The Balaban J connectivity index is 3.08. The second-order valence-electron chi connectivity index (χ2n) is 4.48. The second kappa shape index (κ2) is 6.96. The highest BCUT2D eigenvalue weighted by Gasteiger charge is 2.21. The Bertz CT molecular complexity index is 601.